The van der Waals surface area contributed by atoms with Crippen molar-refractivity contribution in [3.8, 4) is 0 Å². The molecule has 2 saturated heterocycles. The highest BCUT2D eigenvalue weighted by Crippen LogP contribution is 2.34. The van der Waals surface area contributed by atoms with Crippen molar-refractivity contribution in [3.63, 3.8) is 0 Å². The smallest absolute Gasteiger partial charge is 0.0973 e. The largest absolute Gasteiger partial charge is 0.322 e. The highest BCUT2D eigenvalue weighted by molar-refractivity contribution is 4.96. The Morgan fingerprint density at radius 2 is 2.08 bits per heavy atom. The standard InChI is InChI=1S/C11H23N2/c1-10(2)13(3)8-6-11(9-13)5-4-7-12-11/h10,12H,4-9H2,1-3H3/q+1. The van der Waals surface area contributed by atoms with E-state index in [1.165, 1.54) is 43.4 Å². The molecule has 0 aliphatic carbocycles. The number of likely N-dealkylation sites (tertiary alicyclic amines) is 1. The summed E-state index contributed by atoms with van der Waals surface area (Å²) in [4.78, 5) is 0. The van der Waals surface area contributed by atoms with Gasteiger partial charge in [-0.05, 0) is 33.2 Å². The summed E-state index contributed by atoms with van der Waals surface area (Å²) in [5, 5.41) is 3.73. The fraction of sp³-hybridized carbons (Fsp3) is 1.00. The maximum absolute atomic E-state index is 3.73. The lowest BCUT2D eigenvalue weighted by Crippen LogP contribution is -2.52. The van der Waals surface area contributed by atoms with Gasteiger partial charge in [-0.25, -0.2) is 0 Å². The number of hydrogen-bond acceptors (Lipinski definition) is 1. The molecule has 2 rings (SSSR count). The van der Waals surface area contributed by atoms with Crippen LogP contribution in [0.2, 0.25) is 0 Å². The van der Waals surface area contributed by atoms with Gasteiger partial charge in [0.1, 0.15) is 0 Å². The maximum Gasteiger partial charge on any atom is 0.0973 e. The van der Waals surface area contributed by atoms with Gasteiger partial charge in [-0.2, -0.15) is 0 Å². The van der Waals surface area contributed by atoms with Gasteiger partial charge in [0.25, 0.3) is 0 Å². The van der Waals surface area contributed by atoms with Crippen molar-refractivity contribution in [1.29, 1.82) is 0 Å². The lowest BCUT2D eigenvalue weighted by atomic mass is 9.97. The van der Waals surface area contributed by atoms with Gasteiger partial charge in [0.05, 0.1) is 31.7 Å². The van der Waals surface area contributed by atoms with Crippen molar-refractivity contribution in [2.45, 2.75) is 44.7 Å². The summed E-state index contributed by atoms with van der Waals surface area (Å²) in [5.41, 5.74) is 0.527. The topological polar surface area (TPSA) is 12.0 Å². The fourth-order valence-electron chi connectivity index (χ4n) is 2.98. The normalized spacial score (nSPS) is 45.2. The van der Waals surface area contributed by atoms with Crippen LogP contribution in [0.4, 0.5) is 0 Å². The van der Waals surface area contributed by atoms with Crippen LogP contribution < -0.4 is 5.32 Å². The fourth-order valence-corrected chi connectivity index (χ4v) is 2.98. The summed E-state index contributed by atoms with van der Waals surface area (Å²) in [5.74, 6) is 0. The maximum atomic E-state index is 3.73. The van der Waals surface area contributed by atoms with Crippen LogP contribution in [0, 0.1) is 0 Å². The third kappa shape index (κ3) is 1.50. The summed E-state index contributed by atoms with van der Waals surface area (Å²) in [6.45, 7) is 8.68. The molecule has 2 unspecified atom stereocenters. The molecule has 1 N–H and O–H groups in total. The minimum Gasteiger partial charge on any atom is -0.322 e. The van der Waals surface area contributed by atoms with E-state index in [0.29, 0.717) is 5.54 Å². The monoisotopic (exact) mass is 183 g/mol. The lowest BCUT2D eigenvalue weighted by Gasteiger charge is -2.36. The van der Waals surface area contributed by atoms with Gasteiger partial charge in [0, 0.05) is 6.42 Å². The predicted octanol–water partition coefficient (Wildman–Crippen LogP) is 1.37. The van der Waals surface area contributed by atoms with E-state index >= 15 is 0 Å². The minimum atomic E-state index is 0.527. The summed E-state index contributed by atoms with van der Waals surface area (Å²) < 4.78 is 1.27. The molecule has 0 saturated carbocycles. The van der Waals surface area contributed by atoms with Crippen molar-refractivity contribution in [2.24, 2.45) is 0 Å². The van der Waals surface area contributed by atoms with Gasteiger partial charge < -0.3 is 9.80 Å². The van der Waals surface area contributed by atoms with Gasteiger partial charge in [-0.3, -0.25) is 0 Å². The van der Waals surface area contributed by atoms with Gasteiger partial charge in [0.15, 0.2) is 0 Å². The summed E-state index contributed by atoms with van der Waals surface area (Å²) in [6, 6.07) is 0.779. The van der Waals surface area contributed by atoms with E-state index in [1.807, 2.05) is 0 Å². The van der Waals surface area contributed by atoms with Crippen molar-refractivity contribution in [2.75, 3.05) is 26.7 Å². The van der Waals surface area contributed by atoms with E-state index in [2.05, 4.69) is 26.2 Å². The zero-order chi connectivity index (χ0) is 9.53. The van der Waals surface area contributed by atoms with Crippen LogP contribution in [0.25, 0.3) is 0 Å². The molecule has 2 heterocycles. The highest BCUT2D eigenvalue weighted by Gasteiger charge is 2.48. The Labute approximate surface area is 81.9 Å². The molecule has 0 aromatic carbocycles. The van der Waals surface area contributed by atoms with Crippen LogP contribution in [0.15, 0.2) is 0 Å². The SMILES string of the molecule is CC(C)[N+]1(C)CCC2(CCCN2)C1. The van der Waals surface area contributed by atoms with Gasteiger partial charge >= 0.3 is 0 Å². The number of nitrogens with zero attached hydrogens (tertiary/aromatic N) is 1. The molecule has 0 radical (unpaired) electrons. The molecule has 2 heteroatoms. The van der Waals surface area contributed by atoms with Crippen LogP contribution in [-0.2, 0) is 0 Å². The molecule has 2 nitrogen and oxygen atoms in total. The molecule has 0 aromatic rings. The first-order valence-corrected chi connectivity index (χ1v) is 5.66. The number of nitrogens with one attached hydrogen (secondary N) is 1. The third-order valence-electron chi connectivity index (χ3n) is 4.34. The van der Waals surface area contributed by atoms with Crippen LogP contribution >= 0.6 is 0 Å². The Balaban J connectivity index is 2.08. The average Bonchev–Trinajstić information content (AvgIpc) is 2.62. The van der Waals surface area contributed by atoms with E-state index in [1.54, 1.807) is 0 Å². The zero-order valence-electron chi connectivity index (χ0n) is 9.27. The average molecular weight is 183 g/mol. The Kier molecular flexibility index (Phi) is 2.16. The van der Waals surface area contributed by atoms with Gasteiger partial charge in [0.2, 0.25) is 0 Å². The zero-order valence-corrected chi connectivity index (χ0v) is 9.27. The van der Waals surface area contributed by atoms with E-state index in [4.69, 9.17) is 0 Å². The first-order chi connectivity index (χ1) is 6.06. The highest BCUT2D eigenvalue weighted by atomic mass is 15.4. The van der Waals surface area contributed by atoms with Gasteiger partial charge in [-0.15, -0.1) is 0 Å². The quantitative estimate of drug-likeness (QED) is 0.605. The number of quaternary nitrogens is 1. The minimum absolute atomic E-state index is 0.527. The first-order valence-electron chi connectivity index (χ1n) is 5.66. The Hall–Kier alpha value is -0.0800. The third-order valence-corrected chi connectivity index (χ3v) is 4.34. The molecular weight excluding hydrogens is 160 g/mol. The number of likely N-dealkylation sites (N-methyl/N-ethyl adjacent to an activating group) is 1. The van der Waals surface area contributed by atoms with Crippen molar-refractivity contribution in [1.82, 2.24) is 5.32 Å². The molecule has 1 spiro atoms. The Bertz CT molecular complexity index is 190. The number of rotatable bonds is 1. The van der Waals surface area contributed by atoms with Crippen molar-refractivity contribution in [3.05, 3.63) is 0 Å². The second kappa shape index (κ2) is 2.96. The predicted molar refractivity (Wildman–Crippen MR) is 55.6 cm³/mol. The number of hydrogen-bond donors (Lipinski definition) is 1. The molecule has 2 aliphatic rings. The van der Waals surface area contributed by atoms with E-state index in [9.17, 15) is 0 Å². The Morgan fingerprint density at radius 1 is 1.31 bits per heavy atom. The molecule has 2 aliphatic heterocycles. The second-order valence-corrected chi connectivity index (χ2v) is 5.52. The summed E-state index contributed by atoms with van der Waals surface area (Å²) in [7, 11) is 2.42. The van der Waals surface area contributed by atoms with Gasteiger partial charge in [-0.1, -0.05) is 0 Å². The van der Waals surface area contributed by atoms with E-state index in [-0.39, 0.29) is 0 Å². The molecule has 2 fully saturated rings. The molecule has 2 atom stereocenters. The molecule has 0 aromatic heterocycles. The second-order valence-electron chi connectivity index (χ2n) is 5.52. The molecule has 0 bridgehead atoms. The summed E-state index contributed by atoms with van der Waals surface area (Å²) in [6.07, 6.45) is 4.19. The lowest BCUT2D eigenvalue weighted by molar-refractivity contribution is -0.919. The molecular formula is C11H23N2+. The first kappa shape index (κ1) is 9.47. The Morgan fingerprint density at radius 3 is 2.54 bits per heavy atom. The molecule has 13 heavy (non-hydrogen) atoms. The molecule has 0 amide bonds. The van der Waals surface area contributed by atoms with Crippen LogP contribution in [0.5, 0.6) is 0 Å². The van der Waals surface area contributed by atoms with Crippen molar-refractivity contribution >= 4 is 0 Å². The summed E-state index contributed by atoms with van der Waals surface area (Å²) >= 11 is 0. The van der Waals surface area contributed by atoms with Crippen molar-refractivity contribution < 1.29 is 4.48 Å². The van der Waals surface area contributed by atoms with Crippen LogP contribution in [0.1, 0.15) is 33.1 Å². The van der Waals surface area contributed by atoms with E-state index < -0.39 is 0 Å². The van der Waals surface area contributed by atoms with Crippen LogP contribution in [-0.4, -0.2) is 42.7 Å². The van der Waals surface area contributed by atoms with Crippen LogP contribution in [0.3, 0.4) is 0 Å². The molecule has 76 valence electrons. The van der Waals surface area contributed by atoms with E-state index in [0.717, 1.165) is 6.04 Å².